The van der Waals surface area contributed by atoms with Crippen LogP contribution in [0.2, 0.25) is 0 Å². The predicted molar refractivity (Wildman–Crippen MR) is 198 cm³/mol. The Hall–Kier alpha value is -5.26. The molecule has 0 aromatic heterocycles. The second-order valence-electron chi connectivity index (χ2n) is 13.5. The average Bonchev–Trinajstić information content (AvgIpc) is 3.09. The highest BCUT2D eigenvalue weighted by molar-refractivity contribution is 5.97. The zero-order valence-electron chi connectivity index (χ0n) is 30.7. The van der Waals surface area contributed by atoms with E-state index in [1.807, 2.05) is 44.2 Å². The van der Waals surface area contributed by atoms with E-state index in [0.29, 0.717) is 19.3 Å². The number of guanidine groups is 1. The van der Waals surface area contributed by atoms with Crippen molar-refractivity contribution in [2.45, 2.75) is 108 Å². The Morgan fingerprint density at radius 2 is 1.60 bits per heavy atom. The predicted octanol–water partition coefficient (Wildman–Crippen LogP) is -2.33. The Labute approximate surface area is 310 Å². The van der Waals surface area contributed by atoms with Crippen LogP contribution < -0.4 is 54.8 Å². The van der Waals surface area contributed by atoms with E-state index in [0.717, 1.165) is 5.56 Å². The number of aryl methyl sites for hydroxylation is 1. The minimum Gasteiger partial charge on any atom is -0.370 e. The van der Waals surface area contributed by atoms with E-state index in [-0.39, 0.29) is 70.0 Å². The highest BCUT2D eigenvalue weighted by Crippen LogP contribution is 2.12. The van der Waals surface area contributed by atoms with Crippen LogP contribution in [0.4, 0.5) is 0 Å². The molecule has 14 N–H and O–H groups in total. The molecule has 1 aliphatic heterocycles. The van der Waals surface area contributed by atoms with E-state index in [4.69, 9.17) is 22.9 Å². The van der Waals surface area contributed by atoms with Gasteiger partial charge in [-0.3, -0.25) is 38.6 Å². The van der Waals surface area contributed by atoms with Crippen molar-refractivity contribution in [2.24, 2.45) is 33.8 Å². The molecular formula is C35H57N11O7. The molecule has 0 radical (unpaired) electrons. The summed E-state index contributed by atoms with van der Waals surface area (Å²) in [4.78, 5) is 96.2. The number of carbonyl (C=O) groups is 7. The minimum atomic E-state index is -1.36. The molecule has 1 aromatic carbocycles. The van der Waals surface area contributed by atoms with E-state index in [1.54, 1.807) is 0 Å². The Morgan fingerprint density at radius 1 is 0.925 bits per heavy atom. The van der Waals surface area contributed by atoms with Crippen molar-refractivity contribution in [3.8, 4) is 0 Å². The number of nitrogens with one attached hydrogen (secondary N) is 6. The molecular weight excluding hydrogens is 686 g/mol. The highest BCUT2D eigenvalue weighted by atomic mass is 16.2. The van der Waals surface area contributed by atoms with Gasteiger partial charge in [0.05, 0.1) is 6.42 Å². The lowest BCUT2D eigenvalue weighted by Gasteiger charge is -2.27. The van der Waals surface area contributed by atoms with E-state index in [9.17, 15) is 33.6 Å². The van der Waals surface area contributed by atoms with Crippen LogP contribution in [0.15, 0.2) is 35.3 Å². The number of nitrogens with zero attached hydrogens (tertiary/aromatic N) is 1. The second-order valence-corrected chi connectivity index (χ2v) is 13.5. The first-order chi connectivity index (χ1) is 25.2. The maximum Gasteiger partial charge on any atom is 0.243 e. The minimum absolute atomic E-state index is 0.00420. The fraction of sp³-hybridized carbons (Fsp3) is 0.600. The molecule has 1 aromatic rings. The number of rotatable bonds is 15. The normalized spacial score (nSPS) is 21.1. The first-order valence-electron chi connectivity index (χ1n) is 18.1. The van der Waals surface area contributed by atoms with Crippen LogP contribution in [0.3, 0.4) is 0 Å². The van der Waals surface area contributed by atoms with Crippen LogP contribution in [0, 0.1) is 5.92 Å². The fourth-order valence-corrected chi connectivity index (χ4v) is 5.64. The number of carbonyl (C=O) groups excluding carboxylic acids is 7. The van der Waals surface area contributed by atoms with Crippen molar-refractivity contribution in [2.75, 3.05) is 19.6 Å². The molecule has 0 aliphatic carbocycles. The molecule has 0 unspecified atom stereocenters. The van der Waals surface area contributed by atoms with Gasteiger partial charge >= 0.3 is 0 Å². The molecule has 18 nitrogen and oxygen atoms in total. The summed E-state index contributed by atoms with van der Waals surface area (Å²) >= 11 is 0. The molecule has 0 bridgehead atoms. The third kappa shape index (κ3) is 17.2. The number of benzene rings is 1. The summed E-state index contributed by atoms with van der Waals surface area (Å²) in [5, 5.41) is 16.1. The monoisotopic (exact) mass is 743 g/mol. The molecule has 53 heavy (non-hydrogen) atoms. The molecule has 1 heterocycles. The molecule has 1 saturated heterocycles. The summed E-state index contributed by atoms with van der Waals surface area (Å²) in [5.41, 5.74) is 22.8. The quantitative estimate of drug-likeness (QED) is 0.0519. The third-order valence-electron chi connectivity index (χ3n) is 8.43. The highest BCUT2D eigenvalue weighted by Gasteiger charge is 2.33. The maximum atomic E-state index is 13.9. The van der Waals surface area contributed by atoms with Crippen molar-refractivity contribution in [1.82, 2.24) is 31.9 Å². The topological polar surface area (TPSA) is 308 Å². The summed E-state index contributed by atoms with van der Waals surface area (Å²) in [5.74, 6) is -4.86. The van der Waals surface area contributed by atoms with Gasteiger partial charge in [-0.25, -0.2) is 0 Å². The van der Waals surface area contributed by atoms with Crippen LogP contribution in [-0.2, 0) is 40.0 Å². The fourth-order valence-electron chi connectivity index (χ4n) is 5.64. The lowest BCUT2D eigenvalue weighted by Crippen LogP contribution is -2.59. The molecule has 7 amide bonds. The van der Waals surface area contributed by atoms with Crippen molar-refractivity contribution >= 4 is 47.3 Å². The number of primary amides is 1. The van der Waals surface area contributed by atoms with Crippen LogP contribution in [0.1, 0.15) is 77.2 Å². The van der Waals surface area contributed by atoms with Gasteiger partial charge < -0.3 is 54.8 Å². The SMILES string of the molecule is CC(C)C[C@@H]1NC(=O)[C@@H](NC(=O)[C@@H](CCc2ccccc2)NC(=O)CCN)CCCCNC(=O)C[C@@H](C(N)=O)NC(=O)[C@H](CCCN=C(N)N)NC1=O. The average molecular weight is 744 g/mol. The molecule has 0 saturated carbocycles. The van der Waals surface area contributed by atoms with Gasteiger partial charge in [-0.2, -0.15) is 0 Å². The van der Waals surface area contributed by atoms with Crippen LogP contribution in [0.5, 0.6) is 0 Å². The molecule has 1 aliphatic rings. The van der Waals surface area contributed by atoms with E-state index < -0.39 is 78.0 Å². The number of hydrogen-bond donors (Lipinski definition) is 10. The maximum absolute atomic E-state index is 13.9. The van der Waals surface area contributed by atoms with Gasteiger partial charge in [-0.15, -0.1) is 0 Å². The van der Waals surface area contributed by atoms with Crippen LogP contribution in [0.25, 0.3) is 0 Å². The Morgan fingerprint density at radius 3 is 2.25 bits per heavy atom. The lowest BCUT2D eigenvalue weighted by molar-refractivity contribution is -0.135. The standard InChI is InChI=1S/C35H57N11O7/c1-21(2)19-27-34(53)44-24(12-8-18-41-35(38)39)31(50)45-26(30(37)49)20-29(48)40-17-7-6-11-23(32(51)46-27)43-33(52)25(42-28(47)15-16-36)14-13-22-9-4-3-5-10-22/h3-5,9-10,21,23-27H,6-8,11-20,36H2,1-2H3,(H2,37,49)(H,40,48)(H,42,47)(H,43,52)(H,44,53)(H,45,50)(H,46,51)(H4,38,39,41)/t23-,24-,25+,26-,27-/m0/s1. The van der Waals surface area contributed by atoms with Crippen LogP contribution >= 0.6 is 0 Å². The zero-order valence-corrected chi connectivity index (χ0v) is 30.7. The van der Waals surface area contributed by atoms with Gasteiger partial charge in [-0.1, -0.05) is 44.2 Å². The first-order valence-corrected chi connectivity index (χ1v) is 18.1. The Balaban J connectivity index is 2.41. The summed E-state index contributed by atoms with van der Waals surface area (Å²) in [6.07, 6.45) is 1.61. The van der Waals surface area contributed by atoms with Gasteiger partial charge in [0.15, 0.2) is 5.96 Å². The molecule has 2 rings (SSSR count). The van der Waals surface area contributed by atoms with E-state index >= 15 is 0 Å². The number of nitrogens with two attached hydrogens (primary N) is 4. The zero-order chi connectivity index (χ0) is 39.3. The van der Waals surface area contributed by atoms with Gasteiger partial charge in [0.1, 0.15) is 30.2 Å². The number of aliphatic imine (C=N–C) groups is 1. The molecule has 18 heteroatoms. The first kappa shape index (κ1) is 43.9. The number of hydrogen-bond acceptors (Lipinski definition) is 9. The molecule has 0 spiro atoms. The third-order valence-corrected chi connectivity index (χ3v) is 8.43. The summed E-state index contributed by atoms with van der Waals surface area (Å²) < 4.78 is 0. The second kappa shape index (κ2) is 23.3. The molecule has 1 fully saturated rings. The van der Waals surface area contributed by atoms with Crippen molar-refractivity contribution in [3.05, 3.63) is 35.9 Å². The van der Waals surface area contributed by atoms with Gasteiger partial charge in [0.2, 0.25) is 41.4 Å². The Kier molecular flexibility index (Phi) is 19.3. The van der Waals surface area contributed by atoms with Crippen molar-refractivity contribution in [3.63, 3.8) is 0 Å². The Bertz CT molecular complexity index is 1420. The summed E-state index contributed by atoms with van der Waals surface area (Å²) in [6.45, 7) is 4.09. The lowest BCUT2D eigenvalue weighted by atomic mass is 10.00. The van der Waals surface area contributed by atoms with E-state index in [1.165, 1.54) is 0 Å². The van der Waals surface area contributed by atoms with Crippen molar-refractivity contribution < 1.29 is 33.6 Å². The van der Waals surface area contributed by atoms with Gasteiger partial charge in [-0.05, 0) is 62.8 Å². The van der Waals surface area contributed by atoms with E-state index in [2.05, 4.69) is 36.9 Å². The van der Waals surface area contributed by atoms with Gasteiger partial charge in [0.25, 0.3) is 0 Å². The summed E-state index contributed by atoms with van der Waals surface area (Å²) in [7, 11) is 0. The summed E-state index contributed by atoms with van der Waals surface area (Å²) in [6, 6.07) is 3.58. The van der Waals surface area contributed by atoms with Crippen molar-refractivity contribution in [1.29, 1.82) is 0 Å². The molecule has 294 valence electrons. The van der Waals surface area contributed by atoms with Gasteiger partial charge in [0, 0.05) is 26.1 Å². The smallest absolute Gasteiger partial charge is 0.243 e. The van der Waals surface area contributed by atoms with Crippen LogP contribution in [-0.4, -0.2) is 97.2 Å². The molecule has 5 atom stereocenters. The number of amides is 7. The largest absolute Gasteiger partial charge is 0.370 e.